The molecule has 0 saturated carbocycles. The van der Waals surface area contributed by atoms with Gasteiger partial charge in [-0.15, -0.1) is 0 Å². The third-order valence-electron chi connectivity index (χ3n) is 4.18. The van der Waals surface area contributed by atoms with Crippen LogP contribution in [-0.4, -0.2) is 49.6 Å². The Morgan fingerprint density at radius 3 is 2.44 bits per heavy atom. The number of amides is 1. The van der Waals surface area contributed by atoms with E-state index in [0.29, 0.717) is 18.6 Å². The molecule has 1 aliphatic heterocycles. The SMILES string of the molecule is CCC(C)NC(=O)CN1CCC(C(C)NC)CC1. The van der Waals surface area contributed by atoms with Crippen molar-refractivity contribution in [1.29, 1.82) is 0 Å². The first-order valence-electron chi connectivity index (χ1n) is 7.25. The zero-order valence-corrected chi connectivity index (χ0v) is 12.3. The number of likely N-dealkylation sites (tertiary alicyclic amines) is 1. The molecule has 1 rings (SSSR count). The van der Waals surface area contributed by atoms with Crippen LogP contribution in [0.3, 0.4) is 0 Å². The van der Waals surface area contributed by atoms with Crippen LogP contribution < -0.4 is 10.6 Å². The molecule has 1 saturated heterocycles. The molecule has 0 aromatic carbocycles. The average Bonchev–Trinajstić information content (AvgIpc) is 2.38. The van der Waals surface area contributed by atoms with Gasteiger partial charge in [0, 0.05) is 12.1 Å². The van der Waals surface area contributed by atoms with Gasteiger partial charge in [0.05, 0.1) is 6.54 Å². The van der Waals surface area contributed by atoms with Gasteiger partial charge in [0.15, 0.2) is 0 Å². The van der Waals surface area contributed by atoms with E-state index in [1.54, 1.807) is 0 Å². The van der Waals surface area contributed by atoms with Crippen LogP contribution >= 0.6 is 0 Å². The molecule has 106 valence electrons. The summed E-state index contributed by atoms with van der Waals surface area (Å²) < 4.78 is 0. The van der Waals surface area contributed by atoms with Gasteiger partial charge in [-0.3, -0.25) is 9.69 Å². The minimum Gasteiger partial charge on any atom is -0.353 e. The van der Waals surface area contributed by atoms with Crippen LogP contribution in [-0.2, 0) is 4.79 Å². The maximum Gasteiger partial charge on any atom is 0.234 e. The van der Waals surface area contributed by atoms with Crippen molar-refractivity contribution in [3.63, 3.8) is 0 Å². The lowest BCUT2D eigenvalue weighted by Crippen LogP contribution is -2.46. The number of rotatable bonds is 6. The Morgan fingerprint density at radius 2 is 1.94 bits per heavy atom. The predicted octanol–water partition coefficient (Wildman–Crippen LogP) is 1.22. The molecule has 2 unspecified atom stereocenters. The Bertz CT molecular complexity index is 249. The van der Waals surface area contributed by atoms with Gasteiger partial charge in [-0.1, -0.05) is 6.92 Å². The zero-order valence-electron chi connectivity index (χ0n) is 12.3. The Labute approximate surface area is 111 Å². The average molecular weight is 255 g/mol. The van der Waals surface area contributed by atoms with Crippen LogP contribution in [0.1, 0.15) is 40.0 Å². The van der Waals surface area contributed by atoms with Crippen LogP contribution in [0.25, 0.3) is 0 Å². The fourth-order valence-electron chi connectivity index (χ4n) is 2.47. The predicted molar refractivity (Wildman–Crippen MR) is 75.6 cm³/mol. The van der Waals surface area contributed by atoms with Crippen molar-refractivity contribution in [2.75, 3.05) is 26.7 Å². The molecule has 4 heteroatoms. The van der Waals surface area contributed by atoms with Gasteiger partial charge < -0.3 is 10.6 Å². The molecule has 0 aliphatic carbocycles. The monoisotopic (exact) mass is 255 g/mol. The third-order valence-corrected chi connectivity index (χ3v) is 4.18. The molecule has 1 fully saturated rings. The molecule has 4 nitrogen and oxygen atoms in total. The number of nitrogens with zero attached hydrogens (tertiary/aromatic N) is 1. The Kier molecular flexibility index (Phi) is 6.65. The summed E-state index contributed by atoms with van der Waals surface area (Å²) in [6.45, 7) is 9.05. The minimum absolute atomic E-state index is 0.171. The van der Waals surface area contributed by atoms with E-state index < -0.39 is 0 Å². The Hall–Kier alpha value is -0.610. The van der Waals surface area contributed by atoms with Crippen molar-refractivity contribution < 1.29 is 4.79 Å². The van der Waals surface area contributed by atoms with Gasteiger partial charge in [-0.05, 0) is 59.2 Å². The zero-order chi connectivity index (χ0) is 13.5. The quantitative estimate of drug-likeness (QED) is 0.750. The van der Waals surface area contributed by atoms with E-state index in [1.165, 1.54) is 12.8 Å². The van der Waals surface area contributed by atoms with E-state index in [2.05, 4.69) is 36.3 Å². The summed E-state index contributed by atoms with van der Waals surface area (Å²) in [4.78, 5) is 14.1. The molecule has 1 heterocycles. The maximum absolute atomic E-state index is 11.8. The fourth-order valence-corrected chi connectivity index (χ4v) is 2.47. The van der Waals surface area contributed by atoms with Gasteiger partial charge in [-0.2, -0.15) is 0 Å². The number of nitrogens with one attached hydrogen (secondary N) is 2. The molecular weight excluding hydrogens is 226 g/mol. The maximum atomic E-state index is 11.8. The number of carbonyl (C=O) groups excluding carboxylic acids is 1. The van der Waals surface area contributed by atoms with E-state index >= 15 is 0 Å². The molecule has 0 bridgehead atoms. The second kappa shape index (κ2) is 7.74. The fraction of sp³-hybridized carbons (Fsp3) is 0.929. The first-order chi connectivity index (χ1) is 8.56. The standard InChI is InChI=1S/C14H29N3O/c1-5-11(2)16-14(18)10-17-8-6-13(7-9-17)12(3)15-4/h11-13,15H,5-10H2,1-4H3,(H,16,18). The van der Waals surface area contributed by atoms with E-state index in [0.717, 1.165) is 25.4 Å². The molecule has 1 aliphatic rings. The van der Waals surface area contributed by atoms with Crippen molar-refractivity contribution >= 4 is 5.91 Å². The highest BCUT2D eigenvalue weighted by Gasteiger charge is 2.24. The summed E-state index contributed by atoms with van der Waals surface area (Å²) in [6.07, 6.45) is 3.38. The van der Waals surface area contributed by atoms with Gasteiger partial charge in [0.25, 0.3) is 0 Å². The summed E-state index contributed by atoms with van der Waals surface area (Å²) in [6, 6.07) is 0.875. The van der Waals surface area contributed by atoms with Gasteiger partial charge in [0.1, 0.15) is 0 Å². The number of hydrogen-bond acceptors (Lipinski definition) is 3. The lowest BCUT2D eigenvalue weighted by molar-refractivity contribution is -0.123. The largest absolute Gasteiger partial charge is 0.353 e. The lowest BCUT2D eigenvalue weighted by atomic mass is 9.90. The van der Waals surface area contributed by atoms with Crippen molar-refractivity contribution in [3.8, 4) is 0 Å². The van der Waals surface area contributed by atoms with E-state index in [9.17, 15) is 4.79 Å². The Morgan fingerprint density at radius 1 is 1.33 bits per heavy atom. The first-order valence-corrected chi connectivity index (χ1v) is 7.25. The molecule has 2 N–H and O–H groups in total. The highest BCUT2D eigenvalue weighted by atomic mass is 16.2. The summed E-state index contributed by atoms with van der Waals surface area (Å²) in [5.74, 6) is 0.924. The van der Waals surface area contributed by atoms with Crippen molar-refractivity contribution in [2.45, 2.75) is 52.1 Å². The van der Waals surface area contributed by atoms with Crippen molar-refractivity contribution in [2.24, 2.45) is 5.92 Å². The summed E-state index contributed by atoms with van der Waals surface area (Å²) >= 11 is 0. The lowest BCUT2D eigenvalue weighted by Gasteiger charge is -2.34. The second-order valence-electron chi connectivity index (χ2n) is 5.57. The van der Waals surface area contributed by atoms with Crippen LogP contribution in [0.4, 0.5) is 0 Å². The molecule has 1 amide bonds. The van der Waals surface area contributed by atoms with E-state index in [4.69, 9.17) is 0 Å². The molecule has 2 atom stereocenters. The van der Waals surface area contributed by atoms with Crippen molar-refractivity contribution in [1.82, 2.24) is 15.5 Å². The van der Waals surface area contributed by atoms with Gasteiger partial charge in [0.2, 0.25) is 5.91 Å². The van der Waals surface area contributed by atoms with Gasteiger partial charge in [-0.25, -0.2) is 0 Å². The van der Waals surface area contributed by atoms with E-state index in [-0.39, 0.29) is 5.91 Å². The number of piperidine rings is 1. The van der Waals surface area contributed by atoms with Crippen LogP contribution in [0, 0.1) is 5.92 Å². The van der Waals surface area contributed by atoms with E-state index in [1.807, 2.05) is 7.05 Å². The minimum atomic E-state index is 0.171. The summed E-state index contributed by atoms with van der Waals surface area (Å²) in [5.41, 5.74) is 0. The first kappa shape index (κ1) is 15.4. The Balaban J connectivity index is 2.25. The molecular formula is C14H29N3O. The summed E-state index contributed by atoms with van der Waals surface area (Å²) in [5, 5.41) is 6.36. The molecule has 0 aromatic heterocycles. The van der Waals surface area contributed by atoms with Crippen molar-refractivity contribution in [3.05, 3.63) is 0 Å². The van der Waals surface area contributed by atoms with Gasteiger partial charge >= 0.3 is 0 Å². The molecule has 0 radical (unpaired) electrons. The molecule has 0 spiro atoms. The topological polar surface area (TPSA) is 44.4 Å². The third kappa shape index (κ3) is 4.94. The number of carbonyl (C=O) groups is 1. The van der Waals surface area contributed by atoms with Crippen LogP contribution in [0.2, 0.25) is 0 Å². The molecule has 18 heavy (non-hydrogen) atoms. The van der Waals surface area contributed by atoms with Crippen LogP contribution in [0.15, 0.2) is 0 Å². The summed E-state index contributed by atoms with van der Waals surface area (Å²) in [7, 11) is 2.02. The highest BCUT2D eigenvalue weighted by Crippen LogP contribution is 2.20. The molecule has 0 aromatic rings. The number of hydrogen-bond donors (Lipinski definition) is 2. The highest BCUT2D eigenvalue weighted by molar-refractivity contribution is 5.78. The van der Waals surface area contributed by atoms with Crippen LogP contribution in [0.5, 0.6) is 0 Å². The smallest absolute Gasteiger partial charge is 0.234 e. The normalized spacial score (nSPS) is 21.6. The second-order valence-corrected chi connectivity index (χ2v) is 5.57.